The number of hydrogen-bond acceptors (Lipinski definition) is 3. The van der Waals surface area contributed by atoms with Gasteiger partial charge in [0.05, 0.1) is 11.7 Å². The van der Waals surface area contributed by atoms with Gasteiger partial charge in [0.25, 0.3) is 0 Å². The molecule has 5 nitrogen and oxygen atoms in total. The molecule has 25 heavy (non-hydrogen) atoms. The van der Waals surface area contributed by atoms with E-state index in [4.69, 9.17) is 0 Å². The van der Waals surface area contributed by atoms with Crippen molar-refractivity contribution in [1.29, 1.82) is 0 Å². The van der Waals surface area contributed by atoms with Crippen LogP contribution in [0.4, 0.5) is 13.2 Å². The van der Waals surface area contributed by atoms with Gasteiger partial charge in [-0.3, -0.25) is 5.10 Å². The van der Waals surface area contributed by atoms with E-state index in [1.165, 1.54) is 0 Å². The smallest absolute Gasteiger partial charge is 0.334 e. The molecule has 1 unspecified atom stereocenters. The van der Waals surface area contributed by atoms with Crippen molar-refractivity contribution >= 4 is 10.9 Å². The molecular weight excluding hydrogens is 331 g/mol. The van der Waals surface area contributed by atoms with E-state index in [0.29, 0.717) is 31.3 Å². The van der Waals surface area contributed by atoms with Gasteiger partial charge < -0.3 is 9.88 Å². The number of benzene rings is 1. The van der Waals surface area contributed by atoms with Crippen LogP contribution < -0.4 is 5.32 Å². The quantitative estimate of drug-likeness (QED) is 0.761. The fraction of sp³-hybridized carbons (Fsp3) is 0.412. The van der Waals surface area contributed by atoms with Crippen LogP contribution in [0.15, 0.2) is 30.6 Å². The summed E-state index contributed by atoms with van der Waals surface area (Å²) in [7, 11) is 0. The molecule has 1 aliphatic rings. The van der Waals surface area contributed by atoms with Gasteiger partial charge in [-0.1, -0.05) is 18.2 Å². The number of para-hydroxylation sites is 1. The van der Waals surface area contributed by atoms with Crippen LogP contribution in [0.3, 0.4) is 0 Å². The molecule has 3 heterocycles. The molecule has 0 bridgehead atoms. The lowest BCUT2D eigenvalue weighted by molar-refractivity contribution is -0.141. The normalized spacial score (nSPS) is 17.8. The summed E-state index contributed by atoms with van der Waals surface area (Å²) in [5, 5.41) is 11.5. The molecule has 3 aromatic rings. The van der Waals surface area contributed by atoms with Gasteiger partial charge in [0.2, 0.25) is 0 Å². The number of nitrogens with zero attached hydrogens (tertiary/aromatic N) is 3. The second kappa shape index (κ2) is 6.18. The first-order valence-electron chi connectivity index (χ1n) is 8.25. The highest BCUT2D eigenvalue weighted by molar-refractivity contribution is 5.81. The van der Waals surface area contributed by atoms with Crippen molar-refractivity contribution in [3.8, 4) is 0 Å². The first-order chi connectivity index (χ1) is 12.0. The Bertz CT molecular complexity index is 880. The molecule has 0 aliphatic carbocycles. The van der Waals surface area contributed by atoms with Crippen molar-refractivity contribution in [2.75, 3.05) is 6.54 Å². The first kappa shape index (κ1) is 16.1. The molecule has 2 aromatic heterocycles. The molecule has 2 N–H and O–H groups in total. The average Bonchev–Trinajstić information content (AvgIpc) is 3.21. The molecular formula is C17H18F3N5. The van der Waals surface area contributed by atoms with E-state index >= 15 is 0 Å². The van der Waals surface area contributed by atoms with Crippen LogP contribution in [0, 0.1) is 5.92 Å². The number of H-pyrrole nitrogens is 1. The van der Waals surface area contributed by atoms with E-state index in [9.17, 15) is 13.2 Å². The van der Waals surface area contributed by atoms with Gasteiger partial charge in [0.15, 0.2) is 5.69 Å². The van der Waals surface area contributed by atoms with Crippen molar-refractivity contribution in [3.63, 3.8) is 0 Å². The lowest BCUT2D eigenvalue weighted by Gasteiger charge is -2.24. The fourth-order valence-electron chi connectivity index (χ4n) is 3.41. The average molecular weight is 349 g/mol. The zero-order valence-electron chi connectivity index (χ0n) is 13.5. The van der Waals surface area contributed by atoms with Crippen molar-refractivity contribution in [2.45, 2.75) is 32.1 Å². The molecule has 0 saturated heterocycles. The summed E-state index contributed by atoms with van der Waals surface area (Å²) in [4.78, 5) is 3.72. The van der Waals surface area contributed by atoms with Crippen molar-refractivity contribution in [2.24, 2.45) is 5.92 Å². The second-order valence-corrected chi connectivity index (χ2v) is 6.48. The number of imidazole rings is 1. The number of alkyl halides is 3. The van der Waals surface area contributed by atoms with Gasteiger partial charge in [-0.2, -0.15) is 18.3 Å². The first-order valence-corrected chi connectivity index (χ1v) is 8.25. The third-order valence-corrected chi connectivity index (χ3v) is 4.69. The van der Waals surface area contributed by atoms with Crippen molar-refractivity contribution in [1.82, 2.24) is 25.1 Å². The Balaban J connectivity index is 1.37. The molecule has 1 aliphatic heterocycles. The van der Waals surface area contributed by atoms with Crippen LogP contribution in [0.25, 0.3) is 10.9 Å². The fourth-order valence-corrected chi connectivity index (χ4v) is 3.41. The Labute approximate surface area is 142 Å². The predicted molar refractivity (Wildman–Crippen MR) is 86.8 cm³/mol. The minimum absolute atomic E-state index is 0.295. The maximum absolute atomic E-state index is 12.8. The lowest BCUT2D eigenvalue weighted by Crippen LogP contribution is -2.29. The minimum atomic E-state index is -4.37. The highest BCUT2D eigenvalue weighted by atomic mass is 19.4. The Morgan fingerprint density at radius 3 is 3.04 bits per heavy atom. The second-order valence-electron chi connectivity index (χ2n) is 6.48. The largest absolute Gasteiger partial charge is 0.434 e. The Morgan fingerprint density at radius 2 is 2.20 bits per heavy atom. The molecule has 0 radical (unpaired) electrons. The molecule has 1 aromatic carbocycles. The number of hydrogen-bond donors (Lipinski definition) is 2. The topological polar surface area (TPSA) is 58.5 Å². The maximum atomic E-state index is 12.8. The summed E-state index contributed by atoms with van der Waals surface area (Å²) >= 11 is 0. The molecule has 0 amide bonds. The summed E-state index contributed by atoms with van der Waals surface area (Å²) < 4.78 is 39.9. The van der Waals surface area contributed by atoms with E-state index in [1.807, 2.05) is 18.2 Å². The van der Waals surface area contributed by atoms with E-state index < -0.39 is 11.9 Å². The molecule has 0 fully saturated rings. The summed E-state index contributed by atoms with van der Waals surface area (Å²) in [6.45, 7) is 2.02. The number of fused-ring (bicyclic) bond motifs is 2. The van der Waals surface area contributed by atoms with Crippen LogP contribution in [0.2, 0.25) is 0 Å². The lowest BCUT2D eigenvalue weighted by atomic mass is 9.99. The minimum Gasteiger partial charge on any atom is -0.334 e. The SMILES string of the molecule is FC(F)(F)c1cn2c(n1)CCC(CNCc1cccc3cn[nH]c13)C2. The zero-order valence-corrected chi connectivity index (χ0v) is 13.5. The van der Waals surface area contributed by atoms with E-state index in [2.05, 4.69) is 20.5 Å². The third-order valence-electron chi connectivity index (χ3n) is 4.69. The molecule has 1 atom stereocenters. The summed E-state index contributed by atoms with van der Waals surface area (Å²) in [5.74, 6) is 0.828. The Morgan fingerprint density at radius 1 is 1.32 bits per heavy atom. The monoisotopic (exact) mass is 349 g/mol. The molecule has 0 spiro atoms. The van der Waals surface area contributed by atoms with Crippen LogP contribution in [0.1, 0.15) is 23.5 Å². The van der Waals surface area contributed by atoms with Gasteiger partial charge in [-0.05, 0) is 24.4 Å². The van der Waals surface area contributed by atoms with Gasteiger partial charge in [0.1, 0.15) is 5.82 Å². The highest BCUT2D eigenvalue weighted by Gasteiger charge is 2.35. The van der Waals surface area contributed by atoms with Crippen LogP contribution >= 0.6 is 0 Å². The number of halogens is 3. The van der Waals surface area contributed by atoms with Crippen LogP contribution in [-0.4, -0.2) is 26.3 Å². The Kier molecular flexibility index (Phi) is 3.99. The van der Waals surface area contributed by atoms with E-state index in [-0.39, 0.29) is 0 Å². The van der Waals surface area contributed by atoms with Crippen LogP contribution in [0.5, 0.6) is 0 Å². The van der Waals surface area contributed by atoms with Gasteiger partial charge in [-0.25, -0.2) is 4.98 Å². The zero-order chi connectivity index (χ0) is 17.4. The molecule has 8 heteroatoms. The van der Waals surface area contributed by atoms with Gasteiger partial charge in [-0.15, -0.1) is 0 Å². The van der Waals surface area contributed by atoms with Gasteiger partial charge in [0, 0.05) is 31.1 Å². The summed E-state index contributed by atoms with van der Waals surface area (Å²) in [6, 6.07) is 6.03. The number of aromatic nitrogens is 4. The number of rotatable bonds is 4. The van der Waals surface area contributed by atoms with Crippen molar-refractivity contribution < 1.29 is 13.2 Å². The molecule has 4 rings (SSSR count). The Hall–Kier alpha value is -2.35. The number of aromatic amines is 1. The van der Waals surface area contributed by atoms with E-state index in [0.717, 1.165) is 35.6 Å². The molecule has 0 saturated carbocycles. The van der Waals surface area contributed by atoms with Gasteiger partial charge >= 0.3 is 6.18 Å². The van der Waals surface area contributed by atoms with Crippen molar-refractivity contribution in [3.05, 3.63) is 47.7 Å². The standard InChI is InChI=1S/C17H18F3N5/c18-17(19,20)14-10-25-9-11(4-5-15(25)23-14)6-21-7-12-2-1-3-13-8-22-24-16(12)13/h1-3,8,10-11,21H,4-7,9H2,(H,22,24). The maximum Gasteiger partial charge on any atom is 0.434 e. The van der Waals surface area contributed by atoms with Crippen LogP contribution in [-0.2, 0) is 25.7 Å². The number of nitrogens with one attached hydrogen (secondary N) is 2. The number of aryl methyl sites for hydroxylation is 1. The highest BCUT2D eigenvalue weighted by Crippen LogP contribution is 2.30. The molecule has 132 valence electrons. The predicted octanol–water partition coefficient (Wildman–Crippen LogP) is 3.13. The summed E-state index contributed by atoms with van der Waals surface area (Å²) in [6.07, 6.45) is -0.0272. The van der Waals surface area contributed by atoms with E-state index in [1.54, 1.807) is 10.8 Å². The third kappa shape index (κ3) is 3.26. The summed E-state index contributed by atoms with van der Waals surface area (Å²) in [5.41, 5.74) is 1.36.